The molecule has 138 valence electrons. The molecule has 5 heteroatoms. The van der Waals surface area contributed by atoms with Crippen LogP contribution in [0.4, 0.5) is 0 Å². The van der Waals surface area contributed by atoms with Gasteiger partial charge in [0.1, 0.15) is 5.69 Å². The van der Waals surface area contributed by atoms with E-state index in [1.165, 1.54) is 5.56 Å². The molecule has 1 aliphatic heterocycles. The number of carbonyl (C=O) groups excluding carboxylic acids is 1. The Kier molecular flexibility index (Phi) is 5.03. The highest BCUT2D eigenvalue weighted by Gasteiger charge is 2.23. The third kappa shape index (κ3) is 3.93. The Morgan fingerprint density at radius 1 is 0.926 bits per heavy atom. The smallest absolute Gasteiger partial charge is 0.308 e. The molecule has 1 aliphatic rings. The van der Waals surface area contributed by atoms with Gasteiger partial charge in [0.05, 0.1) is 5.69 Å². The average molecular weight is 361 g/mol. The molecule has 4 rings (SSSR count). The monoisotopic (exact) mass is 361 g/mol. The number of rotatable bonds is 5. The molecule has 0 radical (unpaired) electrons. The molecule has 3 aromatic rings. The number of aromatic nitrogens is 2. The molecule has 0 amide bonds. The Morgan fingerprint density at radius 3 is 2.22 bits per heavy atom. The molecule has 0 spiro atoms. The van der Waals surface area contributed by atoms with Crippen LogP contribution in [0.5, 0.6) is 0 Å². The topological polar surface area (TPSA) is 69.0 Å². The molecule has 0 bridgehead atoms. The molecule has 2 aromatic carbocycles. The zero-order valence-corrected chi connectivity index (χ0v) is 15.2. The largest absolute Gasteiger partial charge is 0.323 e. The normalized spacial score (nSPS) is 15.7. The molecule has 27 heavy (non-hydrogen) atoms. The summed E-state index contributed by atoms with van der Waals surface area (Å²) < 4.78 is 0. The van der Waals surface area contributed by atoms with E-state index in [9.17, 15) is 9.59 Å². The molecule has 2 N–H and O–H groups in total. The summed E-state index contributed by atoms with van der Waals surface area (Å²) in [6.45, 7) is 2.48. The van der Waals surface area contributed by atoms with Crippen molar-refractivity contribution in [1.29, 1.82) is 0 Å². The summed E-state index contributed by atoms with van der Waals surface area (Å²) in [4.78, 5) is 32.4. The van der Waals surface area contributed by atoms with Gasteiger partial charge in [0.2, 0.25) is 5.78 Å². The first-order valence-corrected chi connectivity index (χ1v) is 9.39. The first kappa shape index (κ1) is 17.5. The van der Waals surface area contributed by atoms with Crippen LogP contribution in [0.25, 0.3) is 0 Å². The van der Waals surface area contributed by atoms with Crippen molar-refractivity contribution in [2.75, 3.05) is 13.1 Å². The number of imidazole rings is 1. The van der Waals surface area contributed by atoms with E-state index in [0.717, 1.165) is 25.9 Å². The van der Waals surface area contributed by atoms with Gasteiger partial charge in [0, 0.05) is 12.1 Å². The Balaban J connectivity index is 1.45. The van der Waals surface area contributed by atoms with E-state index >= 15 is 0 Å². The Hall–Kier alpha value is -2.92. The van der Waals surface area contributed by atoms with Gasteiger partial charge in [-0.2, -0.15) is 0 Å². The van der Waals surface area contributed by atoms with Crippen molar-refractivity contribution >= 4 is 5.78 Å². The number of likely N-dealkylation sites (tertiary alicyclic amines) is 1. The van der Waals surface area contributed by atoms with Crippen LogP contribution in [0.3, 0.4) is 0 Å². The Labute approximate surface area is 158 Å². The van der Waals surface area contributed by atoms with Crippen molar-refractivity contribution in [2.24, 2.45) is 0 Å². The first-order valence-electron chi connectivity index (χ1n) is 9.39. The number of H-pyrrole nitrogens is 2. The van der Waals surface area contributed by atoms with Gasteiger partial charge in [0.25, 0.3) is 0 Å². The fraction of sp³-hybridized carbons (Fsp3) is 0.273. The molecular formula is C22H23N3O2. The molecular weight excluding hydrogens is 338 g/mol. The minimum absolute atomic E-state index is 0.150. The highest BCUT2D eigenvalue weighted by atomic mass is 16.1. The lowest BCUT2D eigenvalue weighted by molar-refractivity contribution is 0.103. The molecule has 0 saturated carbocycles. The fourth-order valence-electron chi connectivity index (χ4n) is 3.84. The summed E-state index contributed by atoms with van der Waals surface area (Å²) in [5.74, 6) is 0.432. The quantitative estimate of drug-likeness (QED) is 0.685. The van der Waals surface area contributed by atoms with Crippen LogP contribution in [0.15, 0.2) is 65.5 Å². The van der Waals surface area contributed by atoms with Crippen LogP contribution in [-0.4, -0.2) is 33.7 Å². The number of ketones is 1. The highest BCUT2D eigenvalue weighted by Crippen LogP contribution is 2.28. The van der Waals surface area contributed by atoms with Crippen LogP contribution < -0.4 is 5.69 Å². The van der Waals surface area contributed by atoms with Crippen molar-refractivity contribution in [1.82, 2.24) is 14.9 Å². The fourth-order valence-corrected chi connectivity index (χ4v) is 3.84. The van der Waals surface area contributed by atoms with Gasteiger partial charge >= 0.3 is 5.69 Å². The molecule has 1 fully saturated rings. The van der Waals surface area contributed by atoms with Gasteiger partial charge < -0.3 is 9.97 Å². The number of nitrogens with zero attached hydrogens (tertiary/aromatic N) is 1. The summed E-state index contributed by atoms with van der Waals surface area (Å²) in [6.07, 6.45) is 2.17. The molecule has 0 atom stereocenters. The van der Waals surface area contributed by atoms with Crippen molar-refractivity contribution in [3.63, 3.8) is 0 Å². The maximum Gasteiger partial charge on any atom is 0.323 e. The molecule has 0 unspecified atom stereocenters. The second-order valence-electron chi connectivity index (χ2n) is 7.09. The number of hydrogen-bond donors (Lipinski definition) is 2. The Bertz CT molecular complexity index is 952. The van der Waals surface area contributed by atoms with E-state index < -0.39 is 0 Å². The maximum absolute atomic E-state index is 12.8. The van der Waals surface area contributed by atoms with Crippen molar-refractivity contribution < 1.29 is 4.79 Å². The number of hydrogen-bond acceptors (Lipinski definition) is 3. The van der Waals surface area contributed by atoms with Crippen LogP contribution in [0.1, 0.15) is 46.1 Å². The molecule has 2 heterocycles. The van der Waals surface area contributed by atoms with Crippen molar-refractivity contribution in [3.05, 3.63) is 93.7 Å². The van der Waals surface area contributed by atoms with E-state index in [1.54, 1.807) is 12.1 Å². The predicted octanol–water partition coefficient (Wildman–Crippen LogP) is 3.31. The van der Waals surface area contributed by atoms with E-state index in [0.29, 0.717) is 29.4 Å². The van der Waals surface area contributed by atoms with Gasteiger partial charge in [-0.15, -0.1) is 0 Å². The first-order chi connectivity index (χ1) is 13.2. The third-order valence-electron chi connectivity index (χ3n) is 5.31. The molecule has 0 aliphatic carbocycles. The van der Waals surface area contributed by atoms with Crippen LogP contribution >= 0.6 is 0 Å². The van der Waals surface area contributed by atoms with Crippen molar-refractivity contribution in [2.45, 2.75) is 25.3 Å². The second kappa shape index (κ2) is 7.76. The van der Waals surface area contributed by atoms with Gasteiger partial charge in [-0.25, -0.2) is 4.79 Å². The molecule has 1 aromatic heterocycles. The van der Waals surface area contributed by atoms with E-state index in [2.05, 4.69) is 39.1 Å². The lowest BCUT2D eigenvalue weighted by Crippen LogP contribution is -2.33. The Morgan fingerprint density at radius 2 is 1.56 bits per heavy atom. The number of benzene rings is 2. The SMILES string of the molecule is O=C(c1ccccc1)c1[nH]c(=O)[nH]c1CN1CCC(c2ccccc2)CC1. The van der Waals surface area contributed by atoms with Gasteiger partial charge in [-0.1, -0.05) is 60.7 Å². The number of aromatic amines is 2. The number of piperidine rings is 1. The summed E-state index contributed by atoms with van der Waals surface area (Å²) in [5, 5.41) is 0. The second-order valence-corrected chi connectivity index (χ2v) is 7.09. The lowest BCUT2D eigenvalue weighted by atomic mass is 9.89. The summed E-state index contributed by atoms with van der Waals surface area (Å²) in [5.41, 5.74) is 2.69. The lowest BCUT2D eigenvalue weighted by Gasteiger charge is -2.32. The zero-order valence-electron chi connectivity index (χ0n) is 15.2. The summed E-state index contributed by atoms with van der Waals surface area (Å²) >= 11 is 0. The van der Waals surface area contributed by atoms with Gasteiger partial charge in [0.15, 0.2) is 0 Å². The maximum atomic E-state index is 12.8. The zero-order chi connectivity index (χ0) is 18.6. The van der Waals surface area contributed by atoms with Crippen molar-refractivity contribution in [3.8, 4) is 0 Å². The van der Waals surface area contributed by atoms with Gasteiger partial charge in [-0.3, -0.25) is 9.69 Å². The minimum Gasteiger partial charge on any atom is -0.308 e. The minimum atomic E-state index is -0.330. The molecule has 5 nitrogen and oxygen atoms in total. The van der Waals surface area contributed by atoms with E-state index in [1.807, 2.05) is 24.3 Å². The van der Waals surface area contributed by atoms with Crippen LogP contribution in [0, 0.1) is 0 Å². The molecule has 1 saturated heterocycles. The van der Waals surface area contributed by atoms with Gasteiger partial charge in [-0.05, 0) is 37.4 Å². The number of nitrogens with one attached hydrogen (secondary N) is 2. The van der Waals surface area contributed by atoms with Crippen LogP contribution in [0.2, 0.25) is 0 Å². The predicted molar refractivity (Wildman–Crippen MR) is 105 cm³/mol. The van der Waals surface area contributed by atoms with E-state index in [-0.39, 0.29) is 11.5 Å². The third-order valence-corrected chi connectivity index (χ3v) is 5.31. The average Bonchev–Trinajstić information content (AvgIpc) is 3.09. The van der Waals surface area contributed by atoms with E-state index in [4.69, 9.17) is 0 Å². The highest BCUT2D eigenvalue weighted by molar-refractivity contribution is 6.08. The summed E-state index contributed by atoms with van der Waals surface area (Å²) in [7, 11) is 0. The number of carbonyl (C=O) groups is 1. The standard InChI is InChI=1S/C22H23N3O2/c26-21(18-9-5-2-6-10-18)20-19(23-22(27)24-20)15-25-13-11-17(12-14-25)16-7-3-1-4-8-16/h1-10,17H,11-15H2,(H2,23,24,27). The summed E-state index contributed by atoms with van der Waals surface area (Å²) in [6, 6.07) is 19.7. The van der Waals surface area contributed by atoms with Crippen LogP contribution in [-0.2, 0) is 6.54 Å².